The standard InChI is InChI=1S/C19H31N3OS/c1-3-19(23)22-11-8-16(13-22)20-17(18-5-4-12-24-18)14-21-9-6-15(2)7-10-21/h4-5,12,15-17,20H,3,6-11,13-14H2,1-2H3/t16-,17-/m0/s1. The van der Waals surface area contributed by atoms with Gasteiger partial charge in [0.15, 0.2) is 0 Å². The summed E-state index contributed by atoms with van der Waals surface area (Å²) in [5, 5.41) is 6.03. The quantitative estimate of drug-likeness (QED) is 0.857. The van der Waals surface area contributed by atoms with Gasteiger partial charge in [-0.1, -0.05) is 19.9 Å². The molecule has 0 spiro atoms. The van der Waals surface area contributed by atoms with Gasteiger partial charge in [0, 0.05) is 37.0 Å². The Morgan fingerprint density at radius 2 is 2.12 bits per heavy atom. The molecule has 0 bridgehead atoms. The molecule has 2 fully saturated rings. The molecule has 0 radical (unpaired) electrons. The van der Waals surface area contributed by atoms with Crippen molar-refractivity contribution in [3.8, 4) is 0 Å². The van der Waals surface area contributed by atoms with Crippen molar-refractivity contribution in [3.63, 3.8) is 0 Å². The lowest BCUT2D eigenvalue weighted by atomic mass is 9.98. The number of likely N-dealkylation sites (tertiary alicyclic amines) is 2. The van der Waals surface area contributed by atoms with E-state index in [1.54, 1.807) is 0 Å². The second-order valence-electron chi connectivity index (χ2n) is 7.40. The van der Waals surface area contributed by atoms with Crippen LogP contribution in [0.5, 0.6) is 0 Å². The molecule has 0 aromatic carbocycles. The molecule has 4 nitrogen and oxygen atoms in total. The minimum absolute atomic E-state index is 0.289. The maximum Gasteiger partial charge on any atom is 0.222 e. The van der Waals surface area contributed by atoms with Gasteiger partial charge in [-0.15, -0.1) is 11.3 Å². The van der Waals surface area contributed by atoms with Crippen molar-refractivity contribution in [2.24, 2.45) is 5.92 Å². The van der Waals surface area contributed by atoms with E-state index in [1.807, 2.05) is 23.2 Å². The first-order valence-electron chi connectivity index (χ1n) is 9.45. The lowest BCUT2D eigenvalue weighted by molar-refractivity contribution is -0.129. The first kappa shape index (κ1) is 17.9. The molecule has 2 saturated heterocycles. The van der Waals surface area contributed by atoms with Crippen LogP contribution < -0.4 is 5.32 Å². The van der Waals surface area contributed by atoms with Gasteiger partial charge in [0.25, 0.3) is 0 Å². The SMILES string of the molecule is CCC(=O)N1CC[C@H](N[C@@H](CN2CCC(C)CC2)c2cccs2)C1. The lowest BCUT2D eigenvalue weighted by Crippen LogP contribution is -2.43. The fraction of sp³-hybridized carbons (Fsp3) is 0.737. The molecule has 3 heterocycles. The van der Waals surface area contributed by atoms with E-state index < -0.39 is 0 Å². The molecule has 5 heteroatoms. The van der Waals surface area contributed by atoms with Crippen molar-refractivity contribution in [2.45, 2.75) is 51.6 Å². The molecular weight excluding hydrogens is 318 g/mol. The topological polar surface area (TPSA) is 35.6 Å². The predicted molar refractivity (Wildman–Crippen MR) is 100 cm³/mol. The average molecular weight is 350 g/mol. The van der Waals surface area contributed by atoms with E-state index in [9.17, 15) is 4.79 Å². The van der Waals surface area contributed by atoms with Crippen LogP contribution in [0.1, 0.15) is 50.4 Å². The van der Waals surface area contributed by atoms with Gasteiger partial charge in [-0.05, 0) is 49.7 Å². The van der Waals surface area contributed by atoms with E-state index in [0.717, 1.165) is 32.0 Å². The number of nitrogens with one attached hydrogen (secondary N) is 1. The molecule has 0 saturated carbocycles. The van der Waals surface area contributed by atoms with Gasteiger partial charge < -0.3 is 15.1 Å². The number of hydrogen-bond acceptors (Lipinski definition) is 4. The Hall–Kier alpha value is -0.910. The zero-order valence-electron chi connectivity index (χ0n) is 15.0. The highest BCUT2D eigenvalue weighted by atomic mass is 32.1. The second kappa shape index (κ2) is 8.45. The summed E-state index contributed by atoms with van der Waals surface area (Å²) in [6.07, 6.45) is 4.33. The number of rotatable bonds is 6. The van der Waals surface area contributed by atoms with Gasteiger partial charge >= 0.3 is 0 Å². The number of carbonyl (C=O) groups is 1. The Morgan fingerprint density at radius 1 is 1.33 bits per heavy atom. The molecule has 24 heavy (non-hydrogen) atoms. The van der Waals surface area contributed by atoms with Crippen LogP contribution in [-0.4, -0.2) is 54.5 Å². The molecule has 2 aliphatic rings. The van der Waals surface area contributed by atoms with Gasteiger partial charge in [0.05, 0.1) is 6.04 Å². The van der Waals surface area contributed by atoms with Crippen molar-refractivity contribution >= 4 is 17.2 Å². The Morgan fingerprint density at radius 3 is 2.79 bits per heavy atom. The first-order valence-corrected chi connectivity index (χ1v) is 10.3. The van der Waals surface area contributed by atoms with Crippen LogP contribution >= 0.6 is 11.3 Å². The molecule has 2 aliphatic heterocycles. The molecule has 0 unspecified atom stereocenters. The molecule has 1 N–H and O–H groups in total. The van der Waals surface area contributed by atoms with Gasteiger partial charge in [-0.25, -0.2) is 0 Å². The minimum atomic E-state index is 0.289. The Bertz CT molecular complexity index is 511. The third kappa shape index (κ3) is 4.58. The van der Waals surface area contributed by atoms with E-state index in [2.05, 4.69) is 34.7 Å². The third-order valence-corrected chi connectivity index (χ3v) is 6.47. The van der Waals surface area contributed by atoms with Crippen molar-refractivity contribution < 1.29 is 4.79 Å². The number of nitrogens with zero attached hydrogens (tertiary/aromatic N) is 2. The number of thiophene rings is 1. The highest BCUT2D eigenvalue weighted by Crippen LogP contribution is 2.25. The highest BCUT2D eigenvalue weighted by molar-refractivity contribution is 7.10. The molecule has 2 atom stereocenters. The molecule has 1 aromatic rings. The van der Waals surface area contributed by atoms with Crippen LogP contribution in [0.15, 0.2) is 17.5 Å². The minimum Gasteiger partial charge on any atom is -0.341 e. The summed E-state index contributed by atoms with van der Waals surface area (Å²) in [5.74, 6) is 1.16. The predicted octanol–water partition coefficient (Wildman–Crippen LogP) is 3.12. The Labute approximate surface area is 150 Å². The van der Waals surface area contributed by atoms with E-state index in [1.165, 1.54) is 30.8 Å². The number of amides is 1. The van der Waals surface area contributed by atoms with Crippen LogP contribution in [0.25, 0.3) is 0 Å². The summed E-state index contributed by atoms with van der Waals surface area (Å²) in [6.45, 7) is 9.62. The van der Waals surface area contributed by atoms with Gasteiger partial charge in [-0.3, -0.25) is 4.79 Å². The number of carbonyl (C=O) groups excluding carboxylic acids is 1. The van der Waals surface area contributed by atoms with Crippen molar-refractivity contribution in [3.05, 3.63) is 22.4 Å². The van der Waals surface area contributed by atoms with E-state index in [4.69, 9.17) is 0 Å². The third-order valence-electron chi connectivity index (χ3n) is 5.48. The molecule has 1 amide bonds. The molecule has 1 aromatic heterocycles. The van der Waals surface area contributed by atoms with E-state index >= 15 is 0 Å². The second-order valence-corrected chi connectivity index (χ2v) is 8.38. The number of hydrogen-bond donors (Lipinski definition) is 1. The summed E-state index contributed by atoms with van der Waals surface area (Å²) in [7, 11) is 0. The summed E-state index contributed by atoms with van der Waals surface area (Å²) >= 11 is 1.85. The largest absolute Gasteiger partial charge is 0.341 e. The van der Waals surface area contributed by atoms with Crippen molar-refractivity contribution in [2.75, 3.05) is 32.7 Å². The molecule has 0 aliphatic carbocycles. The van der Waals surface area contributed by atoms with Gasteiger partial charge in [0.1, 0.15) is 0 Å². The van der Waals surface area contributed by atoms with Crippen molar-refractivity contribution in [1.82, 2.24) is 15.1 Å². The maximum atomic E-state index is 11.9. The lowest BCUT2D eigenvalue weighted by Gasteiger charge is -2.34. The van der Waals surface area contributed by atoms with Crippen LogP contribution in [0.2, 0.25) is 0 Å². The zero-order valence-corrected chi connectivity index (χ0v) is 15.9. The molecular formula is C19H31N3OS. The van der Waals surface area contributed by atoms with Crippen LogP contribution in [-0.2, 0) is 4.79 Å². The monoisotopic (exact) mass is 349 g/mol. The summed E-state index contributed by atoms with van der Waals surface area (Å²) in [6, 6.07) is 5.21. The zero-order chi connectivity index (χ0) is 16.9. The fourth-order valence-corrected chi connectivity index (χ4v) is 4.63. The van der Waals surface area contributed by atoms with E-state index in [0.29, 0.717) is 18.5 Å². The number of piperidine rings is 1. The van der Waals surface area contributed by atoms with Crippen LogP contribution in [0, 0.1) is 5.92 Å². The normalized spacial score (nSPS) is 24.4. The van der Waals surface area contributed by atoms with Crippen LogP contribution in [0.4, 0.5) is 0 Å². The first-order chi connectivity index (χ1) is 11.7. The van der Waals surface area contributed by atoms with Gasteiger partial charge in [-0.2, -0.15) is 0 Å². The van der Waals surface area contributed by atoms with Crippen molar-refractivity contribution in [1.29, 1.82) is 0 Å². The summed E-state index contributed by atoms with van der Waals surface area (Å²) < 4.78 is 0. The Balaban J connectivity index is 1.58. The smallest absolute Gasteiger partial charge is 0.222 e. The molecule has 134 valence electrons. The summed E-state index contributed by atoms with van der Waals surface area (Å²) in [5.41, 5.74) is 0. The molecule has 3 rings (SSSR count). The van der Waals surface area contributed by atoms with Gasteiger partial charge in [0.2, 0.25) is 5.91 Å². The Kier molecular flexibility index (Phi) is 6.31. The fourth-order valence-electron chi connectivity index (χ4n) is 3.85. The summed E-state index contributed by atoms with van der Waals surface area (Å²) in [4.78, 5) is 18.0. The maximum absolute atomic E-state index is 11.9. The average Bonchev–Trinajstić information content (AvgIpc) is 3.27. The van der Waals surface area contributed by atoms with E-state index in [-0.39, 0.29) is 5.91 Å². The van der Waals surface area contributed by atoms with Crippen LogP contribution in [0.3, 0.4) is 0 Å². The highest BCUT2D eigenvalue weighted by Gasteiger charge is 2.29.